The summed E-state index contributed by atoms with van der Waals surface area (Å²) in [5, 5.41) is 3.42. The fourth-order valence-corrected chi connectivity index (χ4v) is 2.67. The van der Waals surface area contributed by atoms with Crippen LogP contribution in [0.2, 0.25) is 0 Å². The summed E-state index contributed by atoms with van der Waals surface area (Å²) in [6.45, 7) is -0.128. The Morgan fingerprint density at radius 2 is 2.16 bits per heavy atom. The van der Waals surface area contributed by atoms with E-state index in [9.17, 15) is 9.18 Å². The highest BCUT2D eigenvalue weighted by Crippen LogP contribution is 2.35. The number of aromatic nitrogens is 2. The van der Waals surface area contributed by atoms with Gasteiger partial charge in [-0.25, -0.2) is 9.37 Å². The monoisotopic (exact) mass is 341 g/mol. The van der Waals surface area contributed by atoms with Gasteiger partial charge in [0.15, 0.2) is 5.69 Å². The summed E-state index contributed by atoms with van der Waals surface area (Å²) in [4.78, 5) is 20.3. The Balaban J connectivity index is 2.25. The summed E-state index contributed by atoms with van der Waals surface area (Å²) in [7, 11) is 0. The Hall–Kier alpha value is -3.02. The maximum Gasteiger partial charge on any atom is 0.272 e. The molecule has 3 rings (SSSR count). The maximum atomic E-state index is 14.8. The van der Waals surface area contributed by atoms with Crippen molar-refractivity contribution < 1.29 is 13.3 Å². The van der Waals surface area contributed by atoms with Crippen molar-refractivity contribution in [3.8, 4) is 11.1 Å². The van der Waals surface area contributed by atoms with Gasteiger partial charge in [-0.1, -0.05) is 13.0 Å². The van der Waals surface area contributed by atoms with Gasteiger partial charge in [-0.15, -0.1) is 0 Å². The lowest BCUT2D eigenvalue weighted by Crippen LogP contribution is -2.26. The van der Waals surface area contributed by atoms with Gasteiger partial charge in [-0.2, -0.15) is 0 Å². The van der Waals surface area contributed by atoms with Gasteiger partial charge in [0.2, 0.25) is 0 Å². The lowest BCUT2D eigenvalue weighted by molar-refractivity contribution is 0.0950. The van der Waals surface area contributed by atoms with E-state index in [2.05, 4.69) is 15.3 Å². The van der Waals surface area contributed by atoms with Gasteiger partial charge in [0.25, 0.3) is 5.91 Å². The van der Waals surface area contributed by atoms with Crippen LogP contribution in [0.3, 0.4) is 0 Å². The molecule has 0 aliphatic heterocycles. The van der Waals surface area contributed by atoms with Crippen LogP contribution >= 0.6 is 0 Å². The van der Waals surface area contributed by atoms with Gasteiger partial charge in [0.05, 0.1) is 5.69 Å². The molecule has 3 N–H and O–H groups in total. The van der Waals surface area contributed by atoms with Crippen molar-refractivity contribution >= 4 is 22.4 Å². The summed E-state index contributed by atoms with van der Waals surface area (Å²) in [6, 6.07) is 5.67. The molecule has 0 spiro atoms. The molecule has 128 valence electrons. The van der Waals surface area contributed by atoms with Crippen molar-refractivity contribution in [1.29, 1.82) is 0 Å². The number of nitrogens with one attached hydrogen (secondary N) is 1. The summed E-state index contributed by atoms with van der Waals surface area (Å²) in [6.07, 6.45) is 3.44. The van der Waals surface area contributed by atoms with Crippen LogP contribution < -0.4 is 11.1 Å². The van der Waals surface area contributed by atoms with Crippen LogP contribution in [0, 0.1) is 12.7 Å². The van der Waals surface area contributed by atoms with E-state index in [0.29, 0.717) is 17.3 Å². The molecule has 0 aliphatic rings. The second-order valence-electron chi connectivity index (χ2n) is 5.56. The smallest absolute Gasteiger partial charge is 0.272 e. The zero-order valence-electron chi connectivity index (χ0n) is 16.6. The number of carbonyl (C=O) groups excluding carboxylic acids is 1. The number of hydrogen-bond acceptors (Lipinski definition) is 4. The van der Waals surface area contributed by atoms with E-state index in [1.54, 1.807) is 0 Å². The number of benzene rings is 1. The molecule has 0 saturated carbocycles. The van der Waals surface area contributed by atoms with Crippen molar-refractivity contribution in [3.63, 3.8) is 0 Å². The molecule has 25 heavy (non-hydrogen) atoms. The Bertz CT molecular complexity index is 1050. The van der Waals surface area contributed by atoms with Crippen LogP contribution in [0.5, 0.6) is 0 Å². The quantitative estimate of drug-likeness (QED) is 0.761. The Morgan fingerprint density at radius 1 is 1.32 bits per heavy atom. The maximum absolute atomic E-state index is 14.8. The van der Waals surface area contributed by atoms with Crippen LogP contribution in [-0.2, 0) is 0 Å². The van der Waals surface area contributed by atoms with E-state index in [0.717, 1.165) is 6.42 Å². The zero-order chi connectivity index (χ0) is 20.5. The fourth-order valence-electron chi connectivity index (χ4n) is 2.67. The van der Waals surface area contributed by atoms with Gasteiger partial charge in [-0.05, 0) is 31.5 Å². The van der Waals surface area contributed by atoms with Crippen molar-refractivity contribution in [1.82, 2.24) is 15.3 Å². The predicted molar refractivity (Wildman–Crippen MR) is 96.7 cm³/mol. The number of halogens is 1. The summed E-state index contributed by atoms with van der Waals surface area (Å²) in [5.74, 6) is -1.05. The average Bonchev–Trinajstić information content (AvgIpc) is 2.65. The number of amides is 1. The largest absolute Gasteiger partial charge is 0.396 e. The molecule has 0 unspecified atom stereocenters. The number of nitrogen functional groups attached to an aromatic ring is 1. The molecule has 1 amide bonds. The molecule has 0 radical (unpaired) electrons. The first-order valence-corrected chi connectivity index (χ1v) is 7.86. The molecule has 2 heterocycles. The lowest BCUT2D eigenvalue weighted by Gasteiger charge is -2.13. The number of fused-ring (bicyclic) bond motifs is 1. The highest BCUT2D eigenvalue weighted by Gasteiger charge is 2.18. The second kappa shape index (κ2) is 6.84. The Labute approximate surface area is 149 Å². The molecular formula is C19H19FN4O. The van der Waals surface area contributed by atoms with Crippen LogP contribution in [0.15, 0.2) is 36.7 Å². The van der Waals surface area contributed by atoms with Gasteiger partial charge in [-0.3, -0.25) is 9.78 Å². The highest BCUT2D eigenvalue weighted by atomic mass is 19.1. The molecule has 3 aromatic rings. The van der Waals surface area contributed by atoms with Crippen molar-refractivity contribution in [3.05, 3.63) is 53.9 Å². The van der Waals surface area contributed by atoms with Gasteiger partial charge < -0.3 is 11.1 Å². The minimum Gasteiger partial charge on any atom is -0.396 e. The number of rotatable bonds is 4. The highest BCUT2D eigenvalue weighted by molar-refractivity contribution is 6.09. The molecule has 0 aliphatic carbocycles. The molecule has 0 bridgehead atoms. The van der Waals surface area contributed by atoms with Gasteiger partial charge in [0.1, 0.15) is 5.82 Å². The Morgan fingerprint density at radius 3 is 2.92 bits per heavy atom. The summed E-state index contributed by atoms with van der Waals surface area (Å²) in [5.41, 5.74) is 6.24. The van der Waals surface area contributed by atoms with E-state index < -0.39 is 18.6 Å². The fraction of sp³-hybridized carbons (Fsp3) is 0.211. The van der Waals surface area contributed by atoms with Crippen molar-refractivity contribution in [2.75, 3.05) is 12.3 Å². The third-order valence-corrected chi connectivity index (χ3v) is 3.89. The average molecular weight is 341 g/mol. The minimum atomic E-state index is -2.52. The molecule has 5 nitrogen and oxygen atoms in total. The molecule has 0 atom stereocenters. The number of pyridine rings is 2. The predicted octanol–water partition coefficient (Wildman–Crippen LogP) is 3.47. The molecule has 0 saturated heterocycles. The van der Waals surface area contributed by atoms with Gasteiger partial charge in [0, 0.05) is 50.6 Å². The van der Waals surface area contributed by atoms with Crippen LogP contribution in [0.4, 0.5) is 10.1 Å². The van der Waals surface area contributed by atoms with Crippen molar-refractivity contribution in [2.24, 2.45) is 0 Å². The first-order chi connectivity index (χ1) is 13.3. The standard InChI is InChI=1S/C19H19FN4O/c1-3-8-23-19(25)18-17(21)13-6-7-15(20)16(14(13)10-24-18)12-5-4-9-22-11(12)2/h4-7,9-10H,3,8,21H2,1-2H3,(H,23,25)/i2D3. The summed E-state index contributed by atoms with van der Waals surface area (Å²) < 4.78 is 37.9. The number of nitrogens with two attached hydrogens (primary N) is 1. The SMILES string of the molecule is [2H]C([2H])([2H])c1ncccc1-c1c(F)ccc2c(N)c(C(=O)NCCC)ncc12. The zero-order valence-corrected chi connectivity index (χ0v) is 13.6. The number of aryl methyl sites for hydroxylation is 1. The van der Waals surface area contributed by atoms with Crippen LogP contribution in [0.1, 0.15) is 33.6 Å². The molecule has 1 aromatic carbocycles. The van der Waals surface area contributed by atoms with E-state index in [1.165, 1.54) is 36.7 Å². The van der Waals surface area contributed by atoms with E-state index in [1.807, 2.05) is 6.92 Å². The second-order valence-corrected chi connectivity index (χ2v) is 5.56. The number of nitrogens with zero attached hydrogens (tertiary/aromatic N) is 2. The lowest BCUT2D eigenvalue weighted by atomic mass is 9.96. The first kappa shape index (κ1) is 13.3. The normalized spacial score (nSPS) is 13.1. The molecule has 2 aromatic heterocycles. The Kier molecular flexibility index (Phi) is 3.64. The van der Waals surface area contributed by atoms with E-state index in [-0.39, 0.29) is 28.2 Å². The van der Waals surface area contributed by atoms with Crippen LogP contribution in [0.25, 0.3) is 21.9 Å². The molecule has 0 fully saturated rings. The summed E-state index contributed by atoms with van der Waals surface area (Å²) >= 11 is 0. The number of anilines is 1. The first-order valence-electron chi connectivity index (χ1n) is 9.36. The minimum absolute atomic E-state index is 0.0384. The number of hydrogen-bond donors (Lipinski definition) is 2. The van der Waals surface area contributed by atoms with Crippen molar-refractivity contribution in [2.45, 2.75) is 20.2 Å². The van der Waals surface area contributed by atoms with E-state index >= 15 is 0 Å². The topological polar surface area (TPSA) is 80.9 Å². The third kappa shape index (κ3) is 3.03. The third-order valence-electron chi connectivity index (χ3n) is 3.89. The van der Waals surface area contributed by atoms with E-state index in [4.69, 9.17) is 9.85 Å². The molecular weight excluding hydrogens is 319 g/mol. The van der Waals surface area contributed by atoms with Gasteiger partial charge >= 0.3 is 0 Å². The van der Waals surface area contributed by atoms with Crippen LogP contribution in [-0.4, -0.2) is 22.4 Å². The molecule has 6 heteroatoms. The number of carbonyl (C=O) groups is 1.